The van der Waals surface area contributed by atoms with Crippen molar-refractivity contribution >= 4 is 34.2 Å². The molecular weight excluding hydrogens is 246 g/mol. The molecule has 0 saturated heterocycles. The van der Waals surface area contributed by atoms with E-state index in [9.17, 15) is 4.79 Å². The molecule has 2 aromatic rings. The van der Waals surface area contributed by atoms with Gasteiger partial charge in [-0.3, -0.25) is 4.79 Å². The molecule has 3 rings (SSSR count). The topological polar surface area (TPSA) is 43.1 Å². The average molecular weight is 260 g/mol. The van der Waals surface area contributed by atoms with Crippen LogP contribution in [-0.2, 0) is 0 Å². The highest BCUT2D eigenvalue weighted by Crippen LogP contribution is 2.30. The van der Waals surface area contributed by atoms with Gasteiger partial charge in [-0.1, -0.05) is 36.4 Å². The Morgan fingerprint density at radius 3 is 2.44 bits per heavy atom. The van der Waals surface area contributed by atoms with E-state index in [1.54, 1.807) is 0 Å². The lowest BCUT2D eigenvalue weighted by molar-refractivity contribution is 0.103. The van der Waals surface area contributed by atoms with Crippen molar-refractivity contribution in [3.63, 3.8) is 0 Å². The molecule has 0 spiro atoms. The molecule has 0 radical (unpaired) electrons. The lowest BCUT2D eigenvalue weighted by atomic mass is 9.88. The molecule has 0 bridgehead atoms. The van der Waals surface area contributed by atoms with E-state index in [0.29, 0.717) is 12.1 Å². The van der Waals surface area contributed by atoms with Crippen LogP contribution in [0.15, 0.2) is 42.0 Å². The number of halogens is 1. The highest BCUT2D eigenvalue weighted by Gasteiger charge is 2.19. The third kappa shape index (κ3) is 1.94. The van der Waals surface area contributed by atoms with E-state index >= 15 is 0 Å². The summed E-state index contributed by atoms with van der Waals surface area (Å²) in [5, 5.41) is 2.16. The van der Waals surface area contributed by atoms with E-state index < -0.39 is 0 Å². The molecule has 92 valence electrons. The number of Topliss-reactive ketones (excluding diaryl/α,β-unsaturated/α-hetero) is 1. The van der Waals surface area contributed by atoms with Crippen LogP contribution in [0, 0.1) is 0 Å². The third-order valence-electron chi connectivity index (χ3n) is 3.02. The predicted octanol–water partition coefficient (Wildman–Crippen LogP) is 3.23. The first-order chi connectivity index (χ1) is 8.81. The van der Waals surface area contributed by atoms with E-state index in [-0.39, 0.29) is 5.78 Å². The summed E-state index contributed by atoms with van der Waals surface area (Å²) < 4.78 is 0. The van der Waals surface area contributed by atoms with E-state index in [2.05, 4.69) is 11.6 Å². The van der Waals surface area contributed by atoms with Gasteiger partial charge in [0.1, 0.15) is 0 Å². The molecule has 0 heterocycles. The van der Waals surface area contributed by atoms with E-state index in [1.165, 1.54) is 6.38 Å². The Bertz CT molecular complexity index is 626. The van der Waals surface area contributed by atoms with Crippen molar-refractivity contribution < 1.29 is 4.79 Å². The maximum absolute atomic E-state index is 12.1. The van der Waals surface area contributed by atoms with Crippen LogP contribution < -0.4 is 5.73 Å². The number of nitrogens with two attached hydrogens (primary N) is 1. The van der Waals surface area contributed by atoms with Crippen molar-refractivity contribution in [1.82, 2.24) is 0 Å². The van der Waals surface area contributed by atoms with Gasteiger partial charge in [-0.2, -0.15) is 0 Å². The van der Waals surface area contributed by atoms with Gasteiger partial charge in [-0.15, -0.1) is 11.6 Å². The number of benzene rings is 2. The van der Waals surface area contributed by atoms with Crippen molar-refractivity contribution in [1.29, 1.82) is 0 Å². The normalized spacial score (nSPS) is 12.8. The second-order valence-corrected chi connectivity index (χ2v) is 3.95. The maximum atomic E-state index is 12.1. The lowest BCUT2D eigenvalue weighted by Gasteiger charge is -2.15. The lowest BCUT2D eigenvalue weighted by Crippen LogP contribution is -2.16. The second-order valence-electron chi connectivity index (χ2n) is 3.95. The Labute approximate surface area is 111 Å². The van der Waals surface area contributed by atoms with Crippen molar-refractivity contribution in [2.45, 2.75) is 0 Å². The molecule has 18 heavy (non-hydrogen) atoms. The Hall–Kier alpha value is -1.64. The molecule has 0 amide bonds. The number of hydrogen-bond acceptors (Lipinski definition) is 2. The SMILES string of the molecule is CCl.NCC1=Cc2cccc3cccc(c23)C1=O. The van der Waals surface area contributed by atoms with Crippen LogP contribution in [0.1, 0.15) is 15.9 Å². The summed E-state index contributed by atoms with van der Waals surface area (Å²) >= 11 is 4.64. The predicted molar refractivity (Wildman–Crippen MR) is 77.1 cm³/mol. The molecule has 0 atom stereocenters. The molecule has 3 heteroatoms. The monoisotopic (exact) mass is 259 g/mol. The van der Waals surface area contributed by atoms with Crippen LogP contribution in [0.3, 0.4) is 0 Å². The maximum Gasteiger partial charge on any atom is 0.190 e. The number of hydrogen-bond donors (Lipinski definition) is 1. The molecule has 1 aliphatic carbocycles. The fraction of sp³-hybridized carbons (Fsp3) is 0.133. The highest BCUT2D eigenvalue weighted by atomic mass is 35.5. The van der Waals surface area contributed by atoms with Gasteiger partial charge >= 0.3 is 0 Å². The van der Waals surface area contributed by atoms with Gasteiger partial charge in [0.05, 0.1) is 0 Å². The van der Waals surface area contributed by atoms with Crippen molar-refractivity contribution in [2.24, 2.45) is 5.73 Å². The average Bonchev–Trinajstić information content (AvgIpc) is 2.45. The second kappa shape index (κ2) is 5.34. The fourth-order valence-corrected chi connectivity index (χ4v) is 2.26. The molecular formula is C15H14ClNO. The summed E-state index contributed by atoms with van der Waals surface area (Å²) in [6.07, 6.45) is 3.37. The molecule has 2 aromatic carbocycles. The molecule has 0 saturated carbocycles. The molecule has 0 aliphatic heterocycles. The van der Waals surface area contributed by atoms with Crippen LogP contribution in [-0.4, -0.2) is 18.7 Å². The molecule has 0 aromatic heterocycles. The Balaban J connectivity index is 0.000000574. The molecule has 0 unspecified atom stereocenters. The van der Waals surface area contributed by atoms with Crippen LogP contribution in [0.25, 0.3) is 16.8 Å². The first-order valence-electron chi connectivity index (χ1n) is 5.66. The van der Waals surface area contributed by atoms with Gasteiger partial charge in [0.25, 0.3) is 0 Å². The van der Waals surface area contributed by atoms with Gasteiger partial charge in [0.2, 0.25) is 0 Å². The van der Waals surface area contributed by atoms with Gasteiger partial charge in [0, 0.05) is 29.5 Å². The standard InChI is InChI=1S/C14H11NO.CH3Cl/c15-8-11-7-10-5-1-3-9-4-2-6-12(13(9)10)14(11)16;1-2/h1-7H,8,15H2;1H3. The van der Waals surface area contributed by atoms with Crippen molar-refractivity contribution in [3.05, 3.63) is 53.1 Å². The smallest absolute Gasteiger partial charge is 0.190 e. The number of alkyl halides is 1. The third-order valence-corrected chi connectivity index (χ3v) is 3.02. The number of rotatable bonds is 1. The highest BCUT2D eigenvalue weighted by molar-refractivity contribution is 6.22. The molecule has 2 nitrogen and oxygen atoms in total. The zero-order valence-electron chi connectivity index (χ0n) is 10.1. The van der Waals surface area contributed by atoms with Gasteiger partial charge in [-0.25, -0.2) is 0 Å². The molecule has 1 aliphatic rings. The number of carbonyl (C=O) groups excluding carboxylic acids is 1. The summed E-state index contributed by atoms with van der Waals surface area (Å²) in [6.45, 7) is 0.295. The van der Waals surface area contributed by atoms with E-state index in [0.717, 1.165) is 21.9 Å². The largest absolute Gasteiger partial charge is 0.326 e. The summed E-state index contributed by atoms with van der Waals surface area (Å²) in [6, 6.07) is 11.9. The van der Waals surface area contributed by atoms with Crippen molar-refractivity contribution in [2.75, 3.05) is 12.9 Å². The minimum Gasteiger partial charge on any atom is -0.326 e. The quantitative estimate of drug-likeness (QED) is 0.799. The zero-order valence-corrected chi connectivity index (χ0v) is 10.9. The number of carbonyl (C=O) groups is 1. The van der Waals surface area contributed by atoms with Gasteiger partial charge < -0.3 is 5.73 Å². The molecule has 2 N–H and O–H groups in total. The zero-order chi connectivity index (χ0) is 13.1. The van der Waals surface area contributed by atoms with E-state index in [1.807, 2.05) is 42.5 Å². The summed E-state index contributed by atoms with van der Waals surface area (Å²) in [5.41, 5.74) is 8.14. The van der Waals surface area contributed by atoms with Crippen LogP contribution >= 0.6 is 11.6 Å². The fourth-order valence-electron chi connectivity index (χ4n) is 2.26. The number of ketones is 1. The van der Waals surface area contributed by atoms with Crippen LogP contribution in [0.2, 0.25) is 0 Å². The summed E-state index contributed by atoms with van der Waals surface area (Å²) in [5.74, 6) is 0.0619. The van der Waals surface area contributed by atoms with Gasteiger partial charge in [0.15, 0.2) is 5.78 Å². The van der Waals surface area contributed by atoms with Crippen LogP contribution in [0.4, 0.5) is 0 Å². The molecule has 0 fully saturated rings. The summed E-state index contributed by atoms with van der Waals surface area (Å²) in [7, 11) is 0. The summed E-state index contributed by atoms with van der Waals surface area (Å²) in [4.78, 5) is 12.1. The first-order valence-corrected chi connectivity index (χ1v) is 6.42. The Morgan fingerprint density at radius 2 is 1.78 bits per heavy atom. The minimum absolute atomic E-state index is 0.0619. The Kier molecular flexibility index (Phi) is 3.80. The minimum atomic E-state index is 0.0619. The first kappa shape index (κ1) is 12.8. The van der Waals surface area contributed by atoms with E-state index in [4.69, 9.17) is 5.73 Å². The van der Waals surface area contributed by atoms with Crippen LogP contribution in [0.5, 0.6) is 0 Å². The van der Waals surface area contributed by atoms with Gasteiger partial charge in [-0.05, 0) is 17.0 Å². The van der Waals surface area contributed by atoms with Crippen molar-refractivity contribution in [3.8, 4) is 0 Å². The Morgan fingerprint density at radius 1 is 1.11 bits per heavy atom.